The molecular formula is C14H20ClN3O3. The van der Waals surface area contributed by atoms with E-state index in [1.807, 2.05) is 20.8 Å². The SMILES string of the molecule is CCN(CC(=O)NC(C)C)c1c(Cl)cc(N)cc1C(=O)O. The second kappa shape index (κ2) is 7.17. The number of amides is 1. The average Bonchev–Trinajstić information content (AvgIpc) is 2.34. The van der Waals surface area contributed by atoms with E-state index in [0.29, 0.717) is 12.2 Å². The minimum atomic E-state index is -1.14. The van der Waals surface area contributed by atoms with Crippen LogP contribution in [0.5, 0.6) is 0 Å². The van der Waals surface area contributed by atoms with E-state index in [2.05, 4.69) is 5.32 Å². The van der Waals surface area contributed by atoms with Gasteiger partial charge in [-0.1, -0.05) is 11.6 Å². The number of benzene rings is 1. The largest absolute Gasteiger partial charge is 0.478 e. The van der Waals surface area contributed by atoms with E-state index < -0.39 is 5.97 Å². The molecular weight excluding hydrogens is 294 g/mol. The number of anilines is 2. The van der Waals surface area contributed by atoms with Gasteiger partial charge in [-0.25, -0.2) is 4.79 Å². The van der Waals surface area contributed by atoms with Crippen LogP contribution in [-0.4, -0.2) is 36.1 Å². The van der Waals surface area contributed by atoms with Gasteiger partial charge in [0.05, 0.1) is 22.8 Å². The Balaban J connectivity index is 3.16. The number of carboxylic acids is 1. The quantitative estimate of drug-likeness (QED) is 0.698. The summed E-state index contributed by atoms with van der Waals surface area (Å²) in [4.78, 5) is 24.9. The second-order valence-electron chi connectivity index (χ2n) is 4.94. The number of hydrogen-bond donors (Lipinski definition) is 3. The normalized spacial score (nSPS) is 10.5. The molecule has 0 heterocycles. The third-order valence-corrected chi connectivity index (χ3v) is 3.09. The zero-order chi connectivity index (χ0) is 16.2. The molecule has 4 N–H and O–H groups in total. The Morgan fingerprint density at radius 3 is 2.52 bits per heavy atom. The number of nitrogens with one attached hydrogen (secondary N) is 1. The Bertz CT molecular complexity index is 547. The van der Waals surface area contributed by atoms with Gasteiger partial charge in [0.25, 0.3) is 0 Å². The van der Waals surface area contributed by atoms with Crippen LogP contribution in [-0.2, 0) is 4.79 Å². The highest BCUT2D eigenvalue weighted by Gasteiger charge is 2.21. The van der Waals surface area contributed by atoms with Crippen LogP contribution in [0.15, 0.2) is 12.1 Å². The lowest BCUT2D eigenvalue weighted by Gasteiger charge is -2.26. The number of hydrogen-bond acceptors (Lipinski definition) is 4. The molecule has 1 rings (SSSR count). The van der Waals surface area contributed by atoms with Gasteiger partial charge in [-0.05, 0) is 32.9 Å². The van der Waals surface area contributed by atoms with Crippen LogP contribution in [0.4, 0.5) is 11.4 Å². The lowest BCUT2D eigenvalue weighted by Crippen LogP contribution is -2.40. The molecule has 6 nitrogen and oxygen atoms in total. The van der Waals surface area contributed by atoms with Crippen molar-refractivity contribution in [3.8, 4) is 0 Å². The molecule has 0 atom stereocenters. The van der Waals surface area contributed by atoms with Crippen LogP contribution in [0.1, 0.15) is 31.1 Å². The van der Waals surface area contributed by atoms with Crippen molar-refractivity contribution in [3.63, 3.8) is 0 Å². The maximum absolute atomic E-state index is 11.9. The summed E-state index contributed by atoms with van der Waals surface area (Å²) in [5, 5.41) is 12.3. The van der Waals surface area contributed by atoms with Gasteiger partial charge in [0, 0.05) is 18.3 Å². The van der Waals surface area contributed by atoms with E-state index in [-0.39, 0.29) is 34.8 Å². The molecule has 21 heavy (non-hydrogen) atoms. The number of aromatic carboxylic acids is 1. The van der Waals surface area contributed by atoms with E-state index in [1.54, 1.807) is 4.90 Å². The fourth-order valence-corrected chi connectivity index (χ4v) is 2.34. The van der Waals surface area contributed by atoms with Crippen LogP contribution in [0.2, 0.25) is 5.02 Å². The molecule has 0 fully saturated rings. The highest BCUT2D eigenvalue weighted by atomic mass is 35.5. The van der Waals surface area contributed by atoms with Gasteiger partial charge in [0.15, 0.2) is 0 Å². The van der Waals surface area contributed by atoms with E-state index in [1.165, 1.54) is 12.1 Å². The molecule has 7 heteroatoms. The Hall–Kier alpha value is -1.95. The molecule has 0 bridgehead atoms. The number of nitrogen functional groups attached to an aromatic ring is 1. The monoisotopic (exact) mass is 313 g/mol. The van der Waals surface area contributed by atoms with Crippen LogP contribution in [0.3, 0.4) is 0 Å². The summed E-state index contributed by atoms with van der Waals surface area (Å²) >= 11 is 6.12. The van der Waals surface area contributed by atoms with Crippen LogP contribution < -0.4 is 16.0 Å². The molecule has 0 aliphatic heterocycles. The summed E-state index contributed by atoms with van der Waals surface area (Å²) in [6.45, 7) is 6.00. The number of carbonyl (C=O) groups is 2. The third kappa shape index (κ3) is 4.53. The first-order valence-electron chi connectivity index (χ1n) is 6.62. The fraction of sp³-hybridized carbons (Fsp3) is 0.429. The molecule has 0 aliphatic carbocycles. The highest BCUT2D eigenvalue weighted by molar-refractivity contribution is 6.34. The topological polar surface area (TPSA) is 95.7 Å². The van der Waals surface area contributed by atoms with Gasteiger partial charge in [-0.15, -0.1) is 0 Å². The first-order valence-corrected chi connectivity index (χ1v) is 7.00. The van der Waals surface area contributed by atoms with E-state index >= 15 is 0 Å². The zero-order valence-corrected chi connectivity index (χ0v) is 13.1. The zero-order valence-electron chi connectivity index (χ0n) is 12.3. The molecule has 0 saturated carbocycles. The summed E-state index contributed by atoms with van der Waals surface area (Å²) in [6, 6.07) is 2.83. The predicted molar refractivity (Wildman–Crippen MR) is 84.0 cm³/mol. The highest BCUT2D eigenvalue weighted by Crippen LogP contribution is 2.32. The molecule has 0 aliphatic rings. The molecule has 1 aromatic carbocycles. The number of halogens is 1. The summed E-state index contributed by atoms with van der Waals surface area (Å²) in [7, 11) is 0. The standard InChI is InChI=1S/C14H20ClN3O3/c1-4-18(7-12(19)17-8(2)3)13-10(14(20)21)5-9(16)6-11(13)15/h5-6,8H,4,7,16H2,1-3H3,(H,17,19)(H,20,21). The molecule has 116 valence electrons. The Morgan fingerprint density at radius 1 is 1.43 bits per heavy atom. The van der Waals surface area contributed by atoms with E-state index in [0.717, 1.165) is 0 Å². The molecule has 1 aromatic rings. The average molecular weight is 314 g/mol. The Morgan fingerprint density at radius 2 is 2.05 bits per heavy atom. The maximum Gasteiger partial charge on any atom is 0.337 e. The summed E-state index contributed by atoms with van der Waals surface area (Å²) in [5.74, 6) is -1.34. The number of carbonyl (C=O) groups excluding carboxylic acids is 1. The van der Waals surface area contributed by atoms with Gasteiger partial charge < -0.3 is 21.1 Å². The van der Waals surface area contributed by atoms with E-state index in [4.69, 9.17) is 17.3 Å². The summed E-state index contributed by atoms with van der Waals surface area (Å²) < 4.78 is 0. The van der Waals surface area contributed by atoms with Crippen molar-refractivity contribution in [2.24, 2.45) is 0 Å². The second-order valence-corrected chi connectivity index (χ2v) is 5.35. The van der Waals surface area contributed by atoms with Crippen molar-refractivity contribution in [2.45, 2.75) is 26.8 Å². The van der Waals surface area contributed by atoms with Gasteiger partial charge in [0.1, 0.15) is 0 Å². The molecule has 0 aromatic heterocycles. The van der Waals surface area contributed by atoms with Crippen molar-refractivity contribution < 1.29 is 14.7 Å². The first-order chi connectivity index (χ1) is 9.76. The number of rotatable bonds is 6. The number of nitrogens with two attached hydrogens (primary N) is 1. The smallest absolute Gasteiger partial charge is 0.337 e. The number of carboxylic acid groups (broad SMARTS) is 1. The number of likely N-dealkylation sites (N-methyl/N-ethyl adjacent to an activating group) is 1. The van der Waals surface area contributed by atoms with Crippen LogP contribution in [0.25, 0.3) is 0 Å². The molecule has 1 amide bonds. The van der Waals surface area contributed by atoms with Crippen molar-refractivity contribution in [1.29, 1.82) is 0 Å². The van der Waals surface area contributed by atoms with Crippen molar-refractivity contribution >= 4 is 34.9 Å². The van der Waals surface area contributed by atoms with E-state index in [9.17, 15) is 14.7 Å². The minimum absolute atomic E-state index is 0.0111. The van der Waals surface area contributed by atoms with Gasteiger partial charge >= 0.3 is 5.97 Å². The van der Waals surface area contributed by atoms with Gasteiger partial charge in [0.2, 0.25) is 5.91 Å². The molecule has 0 spiro atoms. The fourth-order valence-electron chi connectivity index (χ4n) is 1.99. The predicted octanol–water partition coefficient (Wildman–Crippen LogP) is 1.97. The Kier molecular flexibility index (Phi) is 5.84. The van der Waals surface area contributed by atoms with Gasteiger partial charge in [-0.2, -0.15) is 0 Å². The number of nitrogens with zero attached hydrogens (tertiary/aromatic N) is 1. The van der Waals surface area contributed by atoms with Gasteiger partial charge in [-0.3, -0.25) is 4.79 Å². The van der Waals surface area contributed by atoms with Crippen molar-refractivity contribution in [1.82, 2.24) is 5.32 Å². The minimum Gasteiger partial charge on any atom is -0.478 e. The summed E-state index contributed by atoms with van der Waals surface area (Å²) in [6.07, 6.45) is 0. The maximum atomic E-state index is 11.9. The Labute approximate surface area is 128 Å². The van der Waals surface area contributed by atoms with Crippen LogP contribution >= 0.6 is 11.6 Å². The van der Waals surface area contributed by atoms with Crippen molar-refractivity contribution in [3.05, 3.63) is 22.7 Å². The lowest BCUT2D eigenvalue weighted by molar-refractivity contribution is -0.120. The first kappa shape index (κ1) is 17.1. The molecule has 0 saturated heterocycles. The lowest BCUT2D eigenvalue weighted by atomic mass is 10.1. The molecule has 0 radical (unpaired) electrons. The van der Waals surface area contributed by atoms with Crippen LogP contribution in [0, 0.1) is 0 Å². The van der Waals surface area contributed by atoms with Crippen molar-refractivity contribution in [2.75, 3.05) is 23.7 Å². The molecule has 0 unspecified atom stereocenters. The third-order valence-electron chi connectivity index (χ3n) is 2.80. The summed E-state index contributed by atoms with van der Waals surface area (Å²) in [5.41, 5.74) is 6.19.